The average molecular weight is 254 g/mol. The summed E-state index contributed by atoms with van der Waals surface area (Å²) in [5.74, 6) is -0.454. The summed E-state index contributed by atoms with van der Waals surface area (Å²) in [5.41, 5.74) is 0.299. The van der Waals surface area contributed by atoms with Gasteiger partial charge in [0.25, 0.3) is 6.01 Å². The summed E-state index contributed by atoms with van der Waals surface area (Å²) in [7, 11) is 1.90. The monoisotopic (exact) mass is 254 g/mol. The third kappa shape index (κ3) is 3.24. The van der Waals surface area contributed by atoms with Crippen molar-refractivity contribution in [2.24, 2.45) is 5.41 Å². The van der Waals surface area contributed by atoms with E-state index in [0.717, 1.165) is 0 Å². The van der Waals surface area contributed by atoms with E-state index in [0.29, 0.717) is 12.6 Å². The Balaban J connectivity index is 2.83. The lowest BCUT2D eigenvalue weighted by atomic mass is 9.87. The smallest absolute Gasteiger partial charge is 0.360 e. The van der Waals surface area contributed by atoms with Gasteiger partial charge in [-0.1, -0.05) is 20.8 Å². The van der Waals surface area contributed by atoms with Crippen LogP contribution in [0.5, 0.6) is 0 Å². The van der Waals surface area contributed by atoms with Crippen molar-refractivity contribution in [3.63, 3.8) is 0 Å². The highest BCUT2D eigenvalue weighted by Crippen LogP contribution is 2.26. The second-order valence-corrected chi connectivity index (χ2v) is 5.39. The van der Waals surface area contributed by atoms with Crippen molar-refractivity contribution in [1.29, 1.82) is 0 Å². The van der Waals surface area contributed by atoms with Crippen molar-refractivity contribution >= 4 is 12.0 Å². The molecule has 0 aliphatic rings. The van der Waals surface area contributed by atoms with Gasteiger partial charge in [0.2, 0.25) is 0 Å². The van der Waals surface area contributed by atoms with Gasteiger partial charge in [0, 0.05) is 13.1 Å². The van der Waals surface area contributed by atoms with Gasteiger partial charge in [-0.3, -0.25) is 0 Å². The van der Waals surface area contributed by atoms with E-state index < -0.39 is 5.97 Å². The highest BCUT2D eigenvalue weighted by molar-refractivity contribution is 5.87. The minimum atomic E-state index is -0.454. The molecule has 1 unspecified atom stereocenters. The van der Waals surface area contributed by atoms with Crippen LogP contribution in [0.25, 0.3) is 0 Å². The molecule has 102 valence electrons. The van der Waals surface area contributed by atoms with E-state index in [-0.39, 0.29) is 17.2 Å². The van der Waals surface area contributed by atoms with Crippen LogP contribution < -0.4 is 4.90 Å². The maximum absolute atomic E-state index is 11.5. The summed E-state index contributed by atoms with van der Waals surface area (Å²) >= 11 is 0. The molecule has 0 aromatic carbocycles. The topological polar surface area (TPSA) is 55.6 Å². The van der Waals surface area contributed by atoms with Gasteiger partial charge in [-0.2, -0.15) is 4.98 Å². The second kappa shape index (κ2) is 5.42. The fraction of sp³-hybridized carbons (Fsp3) is 0.692. The first-order valence-corrected chi connectivity index (χ1v) is 6.12. The summed E-state index contributed by atoms with van der Waals surface area (Å²) < 4.78 is 10.2. The molecule has 1 aromatic rings. The number of esters is 1. The van der Waals surface area contributed by atoms with Crippen LogP contribution in [0.3, 0.4) is 0 Å². The number of aromatic nitrogens is 1. The minimum absolute atomic E-state index is 0.0906. The Morgan fingerprint density at radius 3 is 2.67 bits per heavy atom. The second-order valence-electron chi connectivity index (χ2n) is 5.39. The third-order valence-electron chi connectivity index (χ3n) is 3.11. The van der Waals surface area contributed by atoms with Crippen LogP contribution in [-0.4, -0.2) is 30.6 Å². The van der Waals surface area contributed by atoms with Crippen LogP contribution >= 0.6 is 0 Å². The number of oxazole rings is 1. The average Bonchev–Trinajstić information content (AvgIpc) is 2.75. The molecule has 0 amide bonds. The predicted molar refractivity (Wildman–Crippen MR) is 69.8 cm³/mol. The number of anilines is 1. The lowest BCUT2D eigenvalue weighted by Crippen LogP contribution is -2.39. The van der Waals surface area contributed by atoms with Crippen molar-refractivity contribution in [2.75, 3.05) is 18.6 Å². The van der Waals surface area contributed by atoms with Crippen molar-refractivity contribution in [3.8, 4) is 0 Å². The number of carbonyl (C=O) groups is 1. The molecule has 0 saturated heterocycles. The van der Waals surface area contributed by atoms with Gasteiger partial charge < -0.3 is 14.1 Å². The Morgan fingerprint density at radius 1 is 1.56 bits per heavy atom. The molecule has 5 heteroatoms. The molecule has 5 nitrogen and oxygen atoms in total. The number of hydrogen-bond donors (Lipinski definition) is 0. The highest BCUT2D eigenvalue weighted by atomic mass is 16.5. The van der Waals surface area contributed by atoms with Gasteiger partial charge >= 0.3 is 5.97 Å². The molecule has 1 rings (SSSR count). The summed E-state index contributed by atoms with van der Waals surface area (Å²) in [6.07, 6.45) is 1.33. The molecular weight excluding hydrogens is 232 g/mol. The molecule has 0 radical (unpaired) electrons. The first-order valence-electron chi connectivity index (χ1n) is 6.12. The molecule has 0 N–H and O–H groups in total. The van der Waals surface area contributed by atoms with E-state index in [2.05, 4.69) is 32.7 Å². The molecule has 1 atom stereocenters. The van der Waals surface area contributed by atoms with Gasteiger partial charge in [-0.25, -0.2) is 4.79 Å². The largest absolute Gasteiger partial charge is 0.461 e. The van der Waals surface area contributed by atoms with E-state index in [9.17, 15) is 4.79 Å². The van der Waals surface area contributed by atoms with E-state index in [1.165, 1.54) is 6.26 Å². The molecule has 1 aromatic heterocycles. The van der Waals surface area contributed by atoms with E-state index in [4.69, 9.17) is 9.15 Å². The molecule has 0 bridgehead atoms. The minimum Gasteiger partial charge on any atom is -0.461 e. The summed E-state index contributed by atoms with van der Waals surface area (Å²) in [6.45, 7) is 10.6. The zero-order valence-corrected chi connectivity index (χ0v) is 12.0. The van der Waals surface area contributed by atoms with Gasteiger partial charge in [-0.15, -0.1) is 0 Å². The van der Waals surface area contributed by atoms with E-state index in [1.54, 1.807) is 6.92 Å². The van der Waals surface area contributed by atoms with Gasteiger partial charge in [0.1, 0.15) is 6.26 Å². The molecule has 0 aliphatic carbocycles. The summed E-state index contributed by atoms with van der Waals surface area (Å²) in [4.78, 5) is 17.6. The lowest BCUT2D eigenvalue weighted by Gasteiger charge is -2.34. The van der Waals surface area contributed by atoms with Gasteiger partial charge in [-0.05, 0) is 19.3 Å². The quantitative estimate of drug-likeness (QED) is 0.773. The number of ether oxygens (including phenoxy) is 1. The van der Waals surface area contributed by atoms with Crippen molar-refractivity contribution < 1.29 is 13.9 Å². The Bertz CT molecular complexity index is 407. The lowest BCUT2D eigenvalue weighted by molar-refractivity contribution is 0.0519. The molecule has 18 heavy (non-hydrogen) atoms. The summed E-state index contributed by atoms with van der Waals surface area (Å²) in [5, 5.41) is 0. The zero-order valence-electron chi connectivity index (χ0n) is 12.0. The van der Waals surface area contributed by atoms with Crippen LogP contribution in [0.15, 0.2) is 10.7 Å². The van der Waals surface area contributed by atoms with Crippen molar-refractivity contribution in [3.05, 3.63) is 12.0 Å². The normalized spacial score (nSPS) is 13.2. The Kier molecular flexibility index (Phi) is 4.38. The van der Waals surface area contributed by atoms with Crippen LogP contribution in [-0.2, 0) is 4.74 Å². The molecule has 0 fully saturated rings. The van der Waals surface area contributed by atoms with Gasteiger partial charge in [0.05, 0.1) is 6.61 Å². The van der Waals surface area contributed by atoms with Crippen LogP contribution in [0.4, 0.5) is 6.01 Å². The summed E-state index contributed by atoms with van der Waals surface area (Å²) in [6, 6.07) is 0.659. The van der Waals surface area contributed by atoms with Crippen LogP contribution in [0.1, 0.15) is 45.1 Å². The molecule has 0 spiro atoms. The van der Waals surface area contributed by atoms with E-state index >= 15 is 0 Å². The predicted octanol–water partition coefficient (Wildman–Crippen LogP) is 2.72. The van der Waals surface area contributed by atoms with Gasteiger partial charge in [0.15, 0.2) is 5.69 Å². The van der Waals surface area contributed by atoms with Crippen molar-refractivity contribution in [1.82, 2.24) is 4.98 Å². The maximum Gasteiger partial charge on any atom is 0.360 e. The number of nitrogens with zero attached hydrogens (tertiary/aromatic N) is 2. The van der Waals surface area contributed by atoms with E-state index in [1.807, 2.05) is 11.9 Å². The Hall–Kier alpha value is -1.52. The first kappa shape index (κ1) is 14.5. The molecule has 0 saturated carbocycles. The standard InChI is InChI=1S/C13H22N2O3/c1-7-17-11(16)10-8-18-12(14-10)15(6)9(2)13(3,4)5/h8-9H,7H2,1-6H3. The maximum atomic E-state index is 11.5. The first-order chi connectivity index (χ1) is 8.27. The fourth-order valence-electron chi connectivity index (χ4n) is 1.47. The third-order valence-corrected chi connectivity index (χ3v) is 3.11. The molecular formula is C13H22N2O3. The SMILES string of the molecule is CCOC(=O)c1coc(N(C)C(C)C(C)(C)C)n1. The number of carbonyl (C=O) groups excluding carboxylic acids is 1. The zero-order chi connectivity index (χ0) is 13.9. The van der Waals surface area contributed by atoms with Crippen LogP contribution in [0.2, 0.25) is 0 Å². The molecule has 0 aliphatic heterocycles. The van der Waals surface area contributed by atoms with Crippen LogP contribution in [0, 0.1) is 5.41 Å². The highest BCUT2D eigenvalue weighted by Gasteiger charge is 2.27. The number of rotatable bonds is 4. The molecule has 1 heterocycles. The fourth-order valence-corrected chi connectivity index (χ4v) is 1.47. The Labute approximate surface area is 108 Å². The Morgan fingerprint density at radius 2 is 2.17 bits per heavy atom. The van der Waals surface area contributed by atoms with Crippen molar-refractivity contribution in [2.45, 2.75) is 40.7 Å². The number of hydrogen-bond acceptors (Lipinski definition) is 5.